The Morgan fingerprint density at radius 2 is 1.92 bits per heavy atom. The number of carbonyl (C=O) groups is 1. The number of piperidine rings is 1. The maximum absolute atomic E-state index is 13.1. The van der Waals surface area contributed by atoms with Gasteiger partial charge in [0.2, 0.25) is 5.91 Å². The number of halogens is 3. The van der Waals surface area contributed by atoms with Crippen LogP contribution in [0.25, 0.3) is 0 Å². The van der Waals surface area contributed by atoms with Crippen LogP contribution in [-0.2, 0) is 11.0 Å². The van der Waals surface area contributed by atoms with E-state index in [4.69, 9.17) is 0 Å². The van der Waals surface area contributed by atoms with Gasteiger partial charge in [0, 0.05) is 18.5 Å². The lowest BCUT2D eigenvalue weighted by Gasteiger charge is -2.37. The molecule has 0 saturated carbocycles. The Kier molecular flexibility index (Phi) is 4.36. The summed E-state index contributed by atoms with van der Waals surface area (Å²) in [6, 6.07) is 5.57. The molecular formula is C18H23F3N2O. The maximum Gasteiger partial charge on any atom is 0.416 e. The van der Waals surface area contributed by atoms with Gasteiger partial charge in [-0.25, -0.2) is 0 Å². The number of alkyl halides is 3. The molecule has 0 bridgehead atoms. The van der Waals surface area contributed by atoms with Crippen LogP contribution in [0.3, 0.4) is 0 Å². The fraction of sp³-hybridized carbons (Fsp3) is 0.611. The lowest BCUT2D eigenvalue weighted by atomic mass is 9.68. The van der Waals surface area contributed by atoms with Crippen LogP contribution in [0.1, 0.15) is 43.7 Å². The van der Waals surface area contributed by atoms with E-state index >= 15 is 0 Å². The molecule has 1 spiro atoms. The Labute approximate surface area is 140 Å². The van der Waals surface area contributed by atoms with Crippen LogP contribution in [0.5, 0.6) is 0 Å². The first-order valence-corrected chi connectivity index (χ1v) is 8.44. The SMILES string of the molecule is CC(C)N1CC(c2cccc(C(F)(F)F)c2)C2(CCNCC2)C1=O. The van der Waals surface area contributed by atoms with Crippen LogP contribution >= 0.6 is 0 Å². The molecule has 1 aromatic rings. The summed E-state index contributed by atoms with van der Waals surface area (Å²) in [5.74, 6) is -0.0850. The van der Waals surface area contributed by atoms with Crippen LogP contribution in [0.4, 0.5) is 13.2 Å². The number of hydrogen-bond acceptors (Lipinski definition) is 2. The van der Waals surface area contributed by atoms with Crippen molar-refractivity contribution in [3.05, 3.63) is 35.4 Å². The van der Waals surface area contributed by atoms with Crippen molar-refractivity contribution in [1.82, 2.24) is 10.2 Å². The standard InChI is InChI=1S/C18H23F3N2O/c1-12(2)23-11-15(17(16(23)24)6-8-22-9-7-17)13-4-3-5-14(10-13)18(19,20)21/h3-5,10,12,15,22H,6-9,11H2,1-2H3. The number of benzene rings is 1. The Balaban J connectivity index is 2.03. The number of likely N-dealkylation sites (tertiary alicyclic amines) is 1. The molecule has 1 unspecified atom stereocenters. The van der Waals surface area contributed by atoms with Crippen molar-refractivity contribution in [3.63, 3.8) is 0 Å². The minimum absolute atomic E-state index is 0.0556. The van der Waals surface area contributed by atoms with Gasteiger partial charge in [-0.15, -0.1) is 0 Å². The van der Waals surface area contributed by atoms with Gasteiger partial charge in [-0.3, -0.25) is 4.79 Å². The molecule has 2 fully saturated rings. The first kappa shape index (κ1) is 17.3. The second-order valence-electron chi connectivity index (χ2n) is 7.13. The number of nitrogens with zero attached hydrogens (tertiary/aromatic N) is 1. The summed E-state index contributed by atoms with van der Waals surface area (Å²) < 4.78 is 39.2. The van der Waals surface area contributed by atoms with Crippen LogP contribution < -0.4 is 5.32 Å². The summed E-state index contributed by atoms with van der Waals surface area (Å²) in [4.78, 5) is 14.9. The van der Waals surface area contributed by atoms with Crippen molar-refractivity contribution < 1.29 is 18.0 Å². The second-order valence-corrected chi connectivity index (χ2v) is 7.13. The molecule has 2 heterocycles. The zero-order chi connectivity index (χ0) is 17.5. The van der Waals surface area contributed by atoms with E-state index in [0.29, 0.717) is 24.9 Å². The molecule has 1 amide bonds. The van der Waals surface area contributed by atoms with Crippen molar-refractivity contribution in [3.8, 4) is 0 Å². The molecule has 3 nitrogen and oxygen atoms in total. The average Bonchev–Trinajstić information content (AvgIpc) is 2.81. The predicted octanol–water partition coefficient (Wildman–Crippen LogP) is 3.41. The molecule has 0 aliphatic carbocycles. The van der Waals surface area contributed by atoms with Gasteiger partial charge < -0.3 is 10.2 Å². The molecular weight excluding hydrogens is 317 g/mol. The van der Waals surface area contributed by atoms with E-state index in [1.165, 1.54) is 12.1 Å². The topological polar surface area (TPSA) is 32.3 Å². The molecule has 1 N–H and O–H groups in total. The predicted molar refractivity (Wildman–Crippen MR) is 85.6 cm³/mol. The summed E-state index contributed by atoms with van der Waals surface area (Å²) >= 11 is 0. The van der Waals surface area contributed by atoms with Gasteiger partial charge in [-0.1, -0.05) is 18.2 Å². The molecule has 2 aliphatic rings. The molecule has 0 aromatic heterocycles. The van der Waals surface area contributed by atoms with Gasteiger partial charge in [-0.05, 0) is 51.4 Å². The smallest absolute Gasteiger partial charge is 0.339 e. The van der Waals surface area contributed by atoms with E-state index in [2.05, 4.69) is 5.32 Å². The highest BCUT2D eigenvalue weighted by Gasteiger charge is 2.55. The first-order chi connectivity index (χ1) is 11.3. The van der Waals surface area contributed by atoms with Crippen LogP contribution in [0, 0.1) is 5.41 Å². The highest BCUT2D eigenvalue weighted by atomic mass is 19.4. The number of carbonyl (C=O) groups excluding carboxylic acids is 1. The van der Waals surface area contributed by atoms with Gasteiger partial charge in [0.05, 0.1) is 11.0 Å². The molecule has 3 rings (SSSR count). The molecule has 1 aromatic carbocycles. The zero-order valence-electron chi connectivity index (χ0n) is 14.0. The number of rotatable bonds is 2. The van der Waals surface area contributed by atoms with Gasteiger partial charge in [0.25, 0.3) is 0 Å². The molecule has 0 radical (unpaired) electrons. The normalized spacial score (nSPS) is 24.2. The second kappa shape index (κ2) is 6.06. The third-order valence-electron chi connectivity index (χ3n) is 5.47. The van der Waals surface area contributed by atoms with E-state index in [0.717, 1.165) is 19.2 Å². The van der Waals surface area contributed by atoms with E-state index in [1.807, 2.05) is 18.7 Å². The van der Waals surface area contributed by atoms with Gasteiger partial charge in [0.15, 0.2) is 0 Å². The first-order valence-electron chi connectivity index (χ1n) is 8.44. The molecule has 1 atom stereocenters. The molecule has 2 saturated heterocycles. The van der Waals surface area contributed by atoms with Gasteiger partial charge >= 0.3 is 6.18 Å². The van der Waals surface area contributed by atoms with E-state index in [-0.39, 0.29) is 17.9 Å². The van der Waals surface area contributed by atoms with E-state index in [1.54, 1.807) is 6.07 Å². The number of hydrogen-bond donors (Lipinski definition) is 1. The Hall–Kier alpha value is -1.56. The van der Waals surface area contributed by atoms with Gasteiger partial charge in [-0.2, -0.15) is 13.2 Å². The molecule has 24 heavy (non-hydrogen) atoms. The summed E-state index contributed by atoms with van der Waals surface area (Å²) in [5, 5.41) is 3.26. The minimum atomic E-state index is -4.36. The average molecular weight is 340 g/mol. The minimum Gasteiger partial charge on any atom is -0.339 e. The quantitative estimate of drug-likeness (QED) is 0.895. The van der Waals surface area contributed by atoms with Crippen molar-refractivity contribution in [2.24, 2.45) is 5.41 Å². The van der Waals surface area contributed by atoms with Crippen molar-refractivity contribution in [2.75, 3.05) is 19.6 Å². The summed E-state index contributed by atoms with van der Waals surface area (Å²) in [6.07, 6.45) is -3.01. The molecule has 6 heteroatoms. The van der Waals surface area contributed by atoms with Crippen LogP contribution in [-0.4, -0.2) is 36.5 Å². The molecule has 2 aliphatic heterocycles. The third-order valence-corrected chi connectivity index (χ3v) is 5.47. The van der Waals surface area contributed by atoms with E-state index < -0.39 is 17.2 Å². The number of amides is 1. The molecule has 132 valence electrons. The Bertz CT molecular complexity index is 621. The highest BCUT2D eigenvalue weighted by Crippen LogP contribution is 2.50. The summed E-state index contributed by atoms with van der Waals surface area (Å²) in [5.41, 5.74) is -0.581. The fourth-order valence-corrected chi connectivity index (χ4v) is 4.13. The van der Waals surface area contributed by atoms with Gasteiger partial charge in [0.1, 0.15) is 0 Å². The largest absolute Gasteiger partial charge is 0.416 e. The number of nitrogens with one attached hydrogen (secondary N) is 1. The summed E-state index contributed by atoms with van der Waals surface area (Å²) in [7, 11) is 0. The van der Waals surface area contributed by atoms with Crippen molar-refractivity contribution in [2.45, 2.75) is 44.8 Å². The van der Waals surface area contributed by atoms with Crippen molar-refractivity contribution >= 4 is 5.91 Å². The third kappa shape index (κ3) is 2.81. The highest BCUT2D eigenvalue weighted by molar-refractivity contribution is 5.87. The zero-order valence-corrected chi connectivity index (χ0v) is 14.0. The van der Waals surface area contributed by atoms with Crippen molar-refractivity contribution in [1.29, 1.82) is 0 Å². The fourth-order valence-electron chi connectivity index (χ4n) is 4.13. The maximum atomic E-state index is 13.1. The summed E-state index contributed by atoms with van der Waals surface area (Å²) in [6.45, 7) is 5.88. The monoisotopic (exact) mass is 340 g/mol. The van der Waals surface area contributed by atoms with Crippen LogP contribution in [0.2, 0.25) is 0 Å². The Morgan fingerprint density at radius 1 is 1.25 bits per heavy atom. The lowest BCUT2D eigenvalue weighted by Crippen LogP contribution is -2.45. The van der Waals surface area contributed by atoms with E-state index in [9.17, 15) is 18.0 Å². The lowest BCUT2D eigenvalue weighted by molar-refractivity contribution is -0.139. The van der Waals surface area contributed by atoms with Crippen LogP contribution in [0.15, 0.2) is 24.3 Å². The Morgan fingerprint density at radius 3 is 2.50 bits per heavy atom.